The van der Waals surface area contributed by atoms with Crippen LogP contribution in [0.15, 0.2) is 23.1 Å². The van der Waals surface area contributed by atoms with E-state index in [0.717, 1.165) is 74.0 Å². The van der Waals surface area contributed by atoms with E-state index in [4.69, 9.17) is 9.47 Å². The summed E-state index contributed by atoms with van der Waals surface area (Å²) >= 11 is 0. The molecule has 0 unspecified atom stereocenters. The molecule has 1 aromatic carbocycles. The van der Waals surface area contributed by atoms with Gasteiger partial charge in [-0.05, 0) is 63.1 Å². The van der Waals surface area contributed by atoms with Crippen LogP contribution in [0.3, 0.4) is 0 Å². The number of aromatic nitrogens is 3. The van der Waals surface area contributed by atoms with E-state index in [0.29, 0.717) is 30.1 Å². The van der Waals surface area contributed by atoms with Crippen LogP contribution in [0.5, 0.6) is 0 Å². The van der Waals surface area contributed by atoms with Gasteiger partial charge in [0.05, 0.1) is 28.7 Å². The molecule has 2 aliphatic heterocycles. The molecular formula is C25H32N4O4. The quantitative estimate of drug-likeness (QED) is 0.641. The van der Waals surface area contributed by atoms with Crippen molar-refractivity contribution in [3.63, 3.8) is 0 Å². The van der Waals surface area contributed by atoms with E-state index in [2.05, 4.69) is 10.1 Å². The minimum atomic E-state index is -0.148. The Balaban J connectivity index is 1.51. The fourth-order valence-corrected chi connectivity index (χ4v) is 5.19. The fraction of sp³-hybridized carbons (Fsp3) is 0.560. The smallest absolute Gasteiger partial charge is 0.259 e. The minimum Gasteiger partial charge on any atom is -0.381 e. The third-order valence-electron chi connectivity index (χ3n) is 7.13. The average Bonchev–Trinajstić information content (AvgIpc) is 3.29. The van der Waals surface area contributed by atoms with Crippen LogP contribution >= 0.6 is 0 Å². The lowest BCUT2D eigenvalue weighted by molar-refractivity contribution is 0.0551. The molecule has 1 amide bonds. The second-order valence-corrected chi connectivity index (χ2v) is 9.26. The number of aryl methyl sites for hydroxylation is 1. The molecule has 8 nitrogen and oxygen atoms in total. The summed E-state index contributed by atoms with van der Waals surface area (Å²) in [6.45, 7) is 8.33. The Morgan fingerprint density at radius 2 is 1.94 bits per heavy atom. The lowest BCUT2D eigenvalue weighted by atomic mass is 9.96. The topological polar surface area (TPSA) is 89.5 Å². The predicted molar refractivity (Wildman–Crippen MR) is 127 cm³/mol. The zero-order chi connectivity index (χ0) is 22.9. The average molecular weight is 453 g/mol. The Kier molecular flexibility index (Phi) is 6.21. The van der Waals surface area contributed by atoms with Gasteiger partial charge in [-0.15, -0.1) is 0 Å². The number of likely N-dealkylation sites (tertiary alicyclic amines) is 1. The van der Waals surface area contributed by atoms with Gasteiger partial charge in [0.1, 0.15) is 0 Å². The van der Waals surface area contributed by atoms with Gasteiger partial charge in [0.25, 0.3) is 11.5 Å². The number of nitrogens with zero attached hydrogens (tertiary/aromatic N) is 3. The zero-order valence-corrected chi connectivity index (χ0v) is 19.4. The molecule has 3 aromatic rings. The monoisotopic (exact) mass is 452 g/mol. The summed E-state index contributed by atoms with van der Waals surface area (Å²) in [4.78, 5) is 31.2. The molecule has 176 valence electrons. The van der Waals surface area contributed by atoms with E-state index in [-0.39, 0.29) is 17.5 Å². The Morgan fingerprint density at radius 1 is 1.18 bits per heavy atom. The molecule has 4 heterocycles. The number of nitrogens with one attached hydrogen (secondary N) is 1. The third kappa shape index (κ3) is 4.17. The molecule has 0 saturated carbocycles. The molecule has 8 heteroatoms. The molecule has 0 bridgehead atoms. The molecule has 0 radical (unpaired) electrons. The summed E-state index contributed by atoms with van der Waals surface area (Å²) in [5.74, 6) is 0.575. The second kappa shape index (κ2) is 9.27. The predicted octanol–water partition coefficient (Wildman–Crippen LogP) is 3.43. The summed E-state index contributed by atoms with van der Waals surface area (Å²) in [6, 6.07) is 4.06. The van der Waals surface area contributed by atoms with Crippen LogP contribution in [0, 0.1) is 12.8 Å². The Morgan fingerprint density at radius 3 is 2.67 bits per heavy atom. The maximum Gasteiger partial charge on any atom is 0.259 e. The lowest BCUT2D eigenvalue weighted by Crippen LogP contribution is -2.39. The van der Waals surface area contributed by atoms with E-state index in [1.165, 1.54) is 0 Å². The van der Waals surface area contributed by atoms with Crippen LogP contribution in [0.2, 0.25) is 0 Å². The number of pyridine rings is 1. The van der Waals surface area contributed by atoms with Crippen LogP contribution < -0.4 is 5.56 Å². The number of ether oxygens (including phenoxy) is 2. The molecule has 2 fully saturated rings. The normalized spacial score (nSPS) is 18.4. The van der Waals surface area contributed by atoms with E-state index in [1.54, 1.807) is 6.20 Å². The summed E-state index contributed by atoms with van der Waals surface area (Å²) in [5, 5.41) is 6.02. The highest BCUT2D eigenvalue weighted by Gasteiger charge is 2.26. The van der Waals surface area contributed by atoms with Crippen molar-refractivity contribution >= 4 is 27.7 Å². The van der Waals surface area contributed by atoms with Gasteiger partial charge < -0.3 is 19.4 Å². The number of benzene rings is 1. The highest BCUT2D eigenvalue weighted by Crippen LogP contribution is 2.30. The van der Waals surface area contributed by atoms with Crippen molar-refractivity contribution in [2.75, 3.05) is 39.5 Å². The summed E-state index contributed by atoms with van der Waals surface area (Å²) in [7, 11) is 0. The second-order valence-electron chi connectivity index (χ2n) is 9.26. The molecule has 0 spiro atoms. The maximum atomic E-state index is 13.5. The van der Waals surface area contributed by atoms with Crippen molar-refractivity contribution in [3.8, 4) is 0 Å². The first-order valence-corrected chi connectivity index (χ1v) is 12.1. The minimum absolute atomic E-state index is 0.0562. The fourth-order valence-electron chi connectivity index (χ4n) is 5.19. The molecule has 0 aliphatic carbocycles. The molecule has 33 heavy (non-hydrogen) atoms. The van der Waals surface area contributed by atoms with Gasteiger partial charge >= 0.3 is 0 Å². The number of carbonyl (C=O) groups is 1. The van der Waals surface area contributed by atoms with Crippen molar-refractivity contribution < 1.29 is 14.3 Å². The number of aromatic amines is 1. The number of carbonyl (C=O) groups excluding carboxylic acids is 1. The lowest BCUT2D eigenvalue weighted by Gasteiger charge is -2.32. The number of fused-ring (bicyclic) bond motifs is 3. The van der Waals surface area contributed by atoms with Gasteiger partial charge in [0.15, 0.2) is 0 Å². The summed E-state index contributed by atoms with van der Waals surface area (Å²) in [5.41, 5.74) is 2.97. The third-order valence-corrected chi connectivity index (χ3v) is 7.13. The number of hydrogen-bond donors (Lipinski definition) is 1. The summed E-state index contributed by atoms with van der Waals surface area (Å²) in [6.07, 6.45) is 5.30. The Bertz CT molecular complexity index is 1220. The highest BCUT2D eigenvalue weighted by molar-refractivity contribution is 6.07. The molecule has 2 saturated heterocycles. The van der Waals surface area contributed by atoms with E-state index >= 15 is 0 Å². The van der Waals surface area contributed by atoms with Gasteiger partial charge in [-0.2, -0.15) is 5.10 Å². The van der Waals surface area contributed by atoms with Crippen molar-refractivity contribution in [1.29, 1.82) is 0 Å². The molecule has 2 aliphatic rings. The molecule has 0 atom stereocenters. The maximum absolute atomic E-state index is 13.5. The first-order chi connectivity index (χ1) is 16.1. The first-order valence-electron chi connectivity index (χ1n) is 12.1. The van der Waals surface area contributed by atoms with Gasteiger partial charge in [-0.25, -0.2) is 0 Å². The van der Waals surface area contributed by atoms with E-state index in [1.807, 2.05) is 35.6 Å². The van der Waals surface area contributed by atoms with Crippen molar-refractivity contribution in [2.24, 2.45) is 5.92 Å². The molecule has 5 rings (SSSR count). The van der Waals surface area contributed by atoms with Crippen molar-refractivity contribution in [3.05, 3.63) is 39.8 Å². The van der Waals surface area contributed by atoms with Crippen LogP contribution in [-0.4, -0.2) is 65.1 Å². The van der Waals surface area contributed by atoms with E-state index < -0.39 is 0 Å². The standard InChI is InChI=1S/C25H32N4O4/c1-3-32-15-17-4-8-28(9-5-17)25(31)19-13-20-22(12-16(19)2)27-24(30)21-14-26-29(23(20)21)18-6-10-33-11-7-18/h12-14,17-18H,3-11,15H2,1-2H3,(H,27,30). The van der Waals surface area contributed by atoms with Crippen LogP contribution in [0.4, 0.5) is 0 Å². The van der Waals surface area contributed by atoms with Crippen molar-refractivity contribution in [1.82, 2.24) is 19.7 Å². The molecule has 2 aromatic heterocycles. The van der Waals surface area contributed by atoms with Crippen LogP contribution in [0.1, 0.15) is 54.6 Å². The van der Waals surface area contributed by atoms with Gasteiger partial charge in [0.2, 0.25) is 0 Å². The van der Waals surface area contributed by atoms with Gasteiger partial charge in [-0.1, -0.05) is 0 Å². The number of rotatable bonds is 5. The van der Waals surface area contributed by atoms with Gasteiger partial charge in [0, 0.05) is 50.5 Å². The largest absolute Gasteiger partial charge is 0.381 e. The Labute approximate surface area is 192 Å². The zero-order valence-electron chi connectivity index (χ0n) is 19.4. The number of piperidine rings is 1. The van der Waals surface area contributed by atoms with Crippen molar-refractivity contribution in [2.45, 2.75) is 45.6 Å². The number of H-pyrrole nitrogens is 1. The van der Waals surface area contributed by atoms with Crippen LogP contribution in [-0.2, 0) is 9.47 Å². The highest BCUT2D eigenvalue weighted by atomic mass is 16.5. The molecule has 1 N–H and O–H groups in total. The SMILES string of the molecule is CCOCC1CCN(C(=O)c2cc3c(cc2C)[nH]c(=O)c2cnn(C4CCOCC4)c23)CC1. The Hall–Kier alpha value is -2.71. The number of amides is 1. The van der Waals surface area contributed by atoms with E-state index in [9.17, 15) is 9.59 Å². The van der Waals surface area contributed by atoms with Gasteiger partial charge in [-0.3, -0.25) is 14.3 Å². The summed E-state index contributed by atoms with van der Waals surface area (Å²) < 4.78 is 13.1. The molecular weight excluding hydrogens is 420 g/mol. The number of hydrogen-bond acceptors (Lipinski definition) is 5. The first kappa shape index (κ1) is 22.1. The van der Waals surface area contributed by atoms with Crippen LogP contribution in [0.25, 0.3) is 21.8 Å².